The second-order valence-electron chi connectivity index (χ2n) is 5.96. The Hall–Kier alpha value is -0.820. The summed E-state index contributed by atoms with van der Waals surface area (Å²) in [6, 6.07) is 10.8. The first-order chi connectivity index (χ1) is 10.8. The molecule has 1 aromatic rings. The van der Waals surface area contributed by atoms with Crippen molar-refractivity contribution >= 4 is 29.9 Å². The Morgan fingerprint density at radius 2 is 1.87 bits per heavy atom. The lowest BCUT2D eigenvalue weighted by Crippen LogP contribution is -2.48. The van der Waals surface area contributed by atoms with E-state index in [0.29, 0.717) is 0 Å². The van der Waals surface area contributed by atoms with Gasteiger partial charge in [0, 0.05) is 38.8 Å². The van der Waals surface area contributed by atoms with Crippen LogP contribution in [0.2, 0.25) is 0 Å². The number of nitrogens with one attached hydrogen (secondary N) is 2. The van der Waals surface area contributed by atoms with Crippen LogP contribution in [0.3, 0.4) is 0 Å². The number of hydrogen-bond donors (Lipinski definition) is 2. The third kappa shape index (κ3) is 5.95. The van der Waals surface area contributed by atoms with E-state index in [2.05, 4.69) is 52.9 Å². The molecule has 130 valence electrons. The third-order valence-corrected chi connectivity index (χ3v) is 4.48. The molecule has 1 fully saturated rings. The zero-order valence-corrected chi connectivity index (χ0v) is 16.6. The summed E-state index contributed by atoms with van der Waals surface area (Å²) in [5, 5.41) is 6.91. The van der Waals surface area contributed by atoms with E-state index in [0.717, 1.165) is 45.1 Å². The molecule has 0 aliphatic carbocycles. The highest BCUT2D eigenvalue weighted by Gasteiger charge is 2.34. The summed E-state index contributed by atoms with van der Waals surface area (Å²) >= 11 is 0. The van der Waals surface area contributed by atoms with Crippen molar-refractivity contribution in [2.45, 2.75) is 38.0 Å². The van der Waals surface area contributed by atoms with Crippen LogP contribution in [0, 0.1) is 0 Å². The average molecular weight is 431 g/mol. The monoisotopic (exact) mass is 431 g/mol. The molecule has 1 aromatic carbocycles. The molecular formula is C18H30IN3O. The lowest BCUT2D eigenvalue weighted by molar-refractivity contribution is 0.0514. The first-order valence-corrected chi connectivity index (χ1v) is 8.38. The predicted octanol–water partition coefficient (Wildman–Crippen LogP) is 3.32. The minimum Gasteiger partial charge on any atom is -0.381 e. The second kappa shape index (κ2) is 10.9. The van der Waals surface area contributed by atoms with Gasteiger partial charge in [0.25, 0.3) is 0 Å². The lowest BCUT2D eigenvalue weighted by atomic mass is 9.74. The highest BCUT2D eigenvalue weighted by atomic mass is 127. The molecule has 0 amide bonds. The van der Waals surface area contributed by atoms with Gasteiger partial charge in [0.2, 0.25) is 0 Å². The summed E-state index contributed by atoms with van der Waals surface area (Å²) < 4.78 is 5.59. The van der Waals surface area contributed by atoms with Gasteiger partial charge in [-0.2, -0.15) is 0 Å². The molecule has 0 spiro atoms. The Kier molecular flexibility index (Phi) is 9.55. The highest BCUT2D eigenvalue weighted by molar-refractivity contribution is 14.0. The third-order valence-electron chi connectivity index (χ3n) is 4.48. The maximum absolute atomic E-state index is 5.59. The molecule has 0 saturated carbocycles. The van der Waals surface area contributed by atoms with E-state index < -0.39 is 0 Å². The smallest absolute Gasteiger partial charge is 0.191 e. The molecule has 1 aliphatic rings. The molecule has 1 saturated heterocycles. The Balaban J connectivity index is 0.00000264. The summed E-state index contributed by atoms with van der Waals surface area (Å²) in [6.45, 7) is 5.73. The zero-order chi connectivity index (χ0) is 15.7. The summed E-state index contributed by atoms with van der Waals surface area (Å²) in [7, 11) is 1.83. The summed E-state index contributed by atoms with van der Waals surface area (Å²) in [5.41, 5.74) is 1.54. The van der Waals surface area contributed by atoms with E-state index in [1.54, 1.807) is 0 Å². The quantitative estimate of drug-likeness (QED) is 0.315. The first-order valence-electron chi connectivity index (χ1n) is 8.38. The van der Waals surface area contributed by atoms with Crippen molar-refractivity contribution in [1.82, 2.24) is 10.6 Å². The Labute approximate surface area is 157 Å². The van der Waals surface area contributed by atoms with Crippen molar-refractivity contribution in [1.29, 1.82) is 0 Å². The number of guanidine groups is 1. The second-order valence-corrected chi connectivity index (χ2v) is 5.96. The fraction of sp³-hybridized carbons (Fsp3) is 0.611. The van der Waals surface area contributed by atoms with Crippen molar-refractivity contribution in [3.8, 4) is 0 Å². The molecule has 0 unspecified atom stereocenters. The lowest BCUT2D eigenvalue weighted by Gasteiger charge is -2.38. The molecular weight excluding hydrogens is 401 g/mol. The van der Waals surface area contributed by atoms with E-state index in [1.165, 1.54) is 18.4 Å². The maximum atomic E-state index is 5.59. The van der Waals surface area contributed by atoms with Crippen LogP contribution >= 0.6 is 24.0 Å². The number of benzene rings is 1. The van der Waals surface area contributed by atoms with Gasteiger partial charge < -0.3 is 15.4 Å². The average Bonchev–Trinajstić information content (AvgIpc) is 2.59. The SMILES string of the molecule is CCCCNC(=NC)NCC1(c2ccccc2)CCOCC1.I. The van der Waals surface area contributed by atoms with Gasteiger partial charge in [0.15, 0.2) is 5.96 Å². The van der Waals surface area contributed by atoms with Crippen molar-refractivity contribution in [3.63, 3.8) is 0 Å². The molecule has 1 aliphatic heterocycles. The summed E-state index contributed by atoms with van der Waals surface area (Å²) in [4.78, 5) is 4.33. The molecule has 23 heavy (non-hydrogen) atoms. The Morgan fingerprint density at radius 3 is 2.48 bits per heavy atom. The first kappa shape index (κ1) is 20.2. The minimum absolute atomic E-state index is 0. The fourth-order valence-corrected chi connectivity index (χ4v) is 2.98. The number of nitrogens with zero attached hydrogens (tertiary/aromatic N) is 1. The summed E-state index contributed by atoms with van der Waals surface area (Å²) in [6.07, 6.45) is 4.46. The normalized spacial score (nSPS) is 17.2. The number of aliphatic imine (C=N–C) groups is 1. The highest BCUT2D eigenvalue weighted by Crippen LogP contribution is 2.34. The zero-order valence-electron chi connectivity index (χ0n) is 14.3. The molecule has 0 bridgehead atoms. The molecule has 1 heterocycles. The van der Waals surface area contributed by atoms with Gasteiger partial charge in [0.1, 0.15) is 0 Å². The van der Waals surface area contributed by atoms with Crippen LogP contribution in [0.25, 0.3) is 0 Å². The van der Waals surface area contributed by atoms with Crippen molar-refractivity contribution in [2.75, 3.05) is 33.4 Å². The van der Waals surface area contributed by atoms with Gasteiger partial charge in [-0.25, -0.2) is 0 Å². The number of ether oxygens (including phenoxy) is 1. The Bertz CT molecular complexity index is 459. The van der Waals surface area contributed by atoms with Crippen LogP contribution in [-0.2, 0) is 10.2 Å². The van der Waals surface area contributed by atoms with Gasteiger partial charge in [-0.05, 0) is 24.8 Å². The summed E-state index contributed by atoms with van der Waals surface area (Å²) in [5.74, 6) is 0.898. The van der Waals surface area contributed by atoms with Gasteiger partial charge >= 0.3 is 0 Å². The van der Waals surface area contributed by atoms with Crippen LogP contribution in [0.5, 0.6) is 0 Å². The van der Waals surface area contributed by atoms with Gasteiger partial charge in [-0.1, -0.05) is 43.7 Å². The standard InChI is InChI=1S/C18H29N3O.HI/c1-3-4-12-20-17(19-2)21-15-18(10-13-22-14-11-18)16-8-6-5-7-9-16;/h5-9H,3-4,10-15H2,1-2H3,(H2,19,20,21);1H. The molecule has 2 rings (SSSR count). The van der Waals surface area contributed by atoms with Gasteiger partial charge in [0.05, 0.1) is 0 Å². The fourth-order valence-electron chi connectivity index (χ4n) is 2.98. The van der Waals surface area contributed by atoms with Crippen LogP contribution in [0.1, 0.15) is 38.2 Å². The van der Waals surface area contributed by atoms with Crippen LogP contribution in [0.4, 0.5) is 0 Å². The van der Waals surface area contributed by atoms with Gasteiger partial charge in [-0.3, -0.25) is 4.99 Å². The number of hydrogen-bond acceptors (Lipinski definition) is 2. The topological polar surface area (TPSA) is 45.7 Å². The largest absolute Gasteiger partial charge is 0.381 e. The maximum Gasteiger partial charge on any atom is 0.191 e. The minimum atomic E-state index is 0. The van der Waals surface area contributed by atoms with Crippen molar-refractivity contribution in [3.05, 3.63) is 35.9 Å². The van der Waals surface area contributed by atoms with Gasteiger partial charge in [-0.15, -0.1) is 24.0 Å². The molecule has 4 nitrogen and oxygen atoms in total. The van der Waals surface area contributed by atoms with E-state index in [9.17, 15) is 0 Å². The number of rotatable bonds is 6. The van der Waals surface area contributed by atoms with Crippen LogP contribution in [0.15, 0.2) is 35.3 Å². The molecule has 0 aromatic heterocycles. The van der Waals surface area contributed by atoms with E-state index in [4.69, 9.17) is 4.74 Å². The van der Waals surface area contributed by atoms with Crippen molar-refractivity contribution < 1.29 is 4.74 Å². The molecule has 2 N–H and O–H groups in total. The van der Waals surface area contributed by atoms with Crippen LogP contribution < -0.4 is 10.6 Å². The Morgan fingerprint density at radius 1 is 1.17 bits per heavy atom. The molecule has 0 atom stereocenters. The van der Waals surface area contributed by atoms with Crippen LogP contribution in [-0.4, -0.2) is 39.3 Å². The number of halogens is 1. The molecule has 5 heteroatoms. The van der Waals surface area contributed by atoms with E-state index in [1.807, 2.05) is 7.05 Å². The van der Waals surface area contributed by atoms with E-state index >= 15 is 0 Å². The predicted molar refractivity (Wildman–Crippen MR) is 108 cm³/mol. The van der Waals surface area contributed by atoms with Crippen molar-refractivity contribution in [2.24, 2.45) is 4.99 Å². The number of unbranched alkanes of at least 4 members (excludes halogenated alkanes) is 1. The van der Waals surface area contributed by atoms with E-state index in [-0.39, 0.29) is 29.4 Å². The molecule has 0 radical (unpaired) electrons.